The molecule has 0 nitrogen and oxygen atoms in total. The van der Waals surface area contributed by atoms with Crippen molar-refractivity contribution in [2.75, 3.05) is 0 Å². The lowest BCUT2D eigenvalue weighted by molar-refractivity contribution is 0.202. The third-order valence-corrected chi connectivity index (χ3v) is 7.84. The minimum absolute atomic E-state index is 0.275. The smallest absolute Gasteiger partial charge is 0.149 e. The van der Waals surface area contributed by atoms with Crippen molar-refractivity contribution in [1.82, 2.24) is 0 Å². The number of rotatable bonds is 5. The third-order valence-electron chi connectivity index (χ3n) is 7.43. The van der Waals surface area contributed by atoms with Gasteiger partial charge < -0.3 is 0 Å². The Hall–Kier alpha value is -1.60. The van der Waals surface area contributed by atoms with Gasteiger partial charge in [-0.1, -0.05) is 87.2 Å². The molecular formula is C28H34ClF. The highest BCUT2D eigenvalue weighted by Gasteiger charge is 2.27. The Kier molecular flexibility index (Phi) is 6.98. The Morgan fingerprint density at radius 3 is 2.23 bits per heavy atom. The number of halogens is 2. The summed E-state index contributed by atoms with van der Waals surface area (Å²) in [6.45, 7) is 4.48. The molecule has 2 aromatic rings. The monoisotopic (exact) mass is 424 g/mol. The molecule has 2 aromatic carbocycles. The lowest BCUT2D eigenvalue weighted by atomic mass is 9.71. The van der Waals surface area contributed by atoms with Crippen LogP contribution in [0.1, 0.15) is 76.3 Å². The van der Waals surface area contributed by atoms with Crippen molar-refractivity contribution in [2.45, 2.75) is 71.6 Å². The molecule has 1 saturated carbocycles. The third kappa shape index (κ3) is 4.67. The average Bonchev–Trinajstić information content (AvgIpc) is 2.78. The van der Waals surface area contributed by atoms with Gasteiger partial charge in [-0.15, -0.1) is 0 Å². The molecule has 30 heavy (non-hydrogen) atoms. The number of allylic oxidation sites excluding steroid dienone is 2. The first-order valence-corrected chi connectivity index (χ1v) is 12.2. The molecule has 2 aliphatic rings. The van der Waals surface area contributed by atoms with Gasteiger partial charge in [-0.3, -0.25) is 0 Å². The van der Waals surface area contributed by atoms with E-state index >= 15 is 0 Å². The van der Waals surface area contributed by atoms with Crippen LogP contribution in [-0.4, -0.2) is 0 Å². The summed E-state index contributed by atoms with van der Waals surface area (Å²) in [4.78, 5) is 0. The maximum atomic E-state index is 14.8. The van der Waals surface area contributed by atoms with Gasteiger partial charge in [0.05, 0.1) is 5.02 Å². The van der Waals surface area contributed by atoms with Crippen LogP contribution in [0.4, 0.5) is 4.39 Å². The molecule has 0 aliphatic heterocycles. The Morgan fingerprint density at radius 2 is 1.60 bits per heavy atom. The Balaban J connectivity index is 1.45. The summed E-state index contributed by atoms with van der Waals surface area (Å²) in [5.74, 6) is 2.44. The SMILES string of the molecule is CCCc1ccc(-c2ccc(C3=CCC(C4CCC(C)CC4)CC3)cc2)c(F)c1Cl. The normalized spacial score (nSPS) is 24.5. The molecule has 0 radical (unpaired) electrons. The minimum Gasteiger partial charge on any atom is -0.205 e. The molecule has 0 aromatic heterocycles. The first-order valence-electron chi connectivity index (χ1n) is 11.8. The maximum Gasteiger partial charge on any atom is 0.149 e. The molecule has 160 valence electrons. The van der Waals surface area contributed by atoms with Gasteiger partial charge in [0, 0.05) is 5.56 Å². The van der Waals surface area contributed by atoms with Gasteiger partial charge in [0.15, 0.2) is 0 Å². The van der Waals surface area contributed by atoms with Crippen LogP contribution in [0.25, 0.3) is 16.7 Å². The summed E-state index contributed by atoms with van der Waals surface area (Å²) >= 11 is 6.28. The van der Waals surface area contributed by atoms with E-state index in [1.165, 1.54) is 56.1 Å². The van der Waals surface area contributed by atoms with Gasteiger partial charge in [0.25, 0.3) is 0 Å². The van der Waals surface area contributed by atoms with E-state index in [0.717, 1.165) is 41.7 Å². The molecule has 2 aliphatic carbocycles. The van der Waals surface area contributed by atoms with E-state index in [9.17, 15) is 4.39 Å². The highest BCUT2D eigenvalue weighted by atomic mass is 35.5. The summed E-state index contributed by atoms with van der Waals surface area (Å²) in [5.41, 5.74) is 5.12. The lowest BCUT2D eigenvalue weighted by Gasteiger charge is -2.34. The van der Waals surface area contributed by atoms with Crippen molar-refractivity contribution in [3.63, 3.8) is 0 Å². The molecule has 2 heteroatoms. The van der Waals surface area contributed by atoms with E-state index in [2.05, 4.69) is 32.1 Å². The zero-order valence-corrected chi connectivity index (χ0v) is 19.1. The Labute approximate surface area is 186 Å². The van der Waals surface area contributed by atoms with E-state index in [-0.39, 0.29) is 10.8 Å². The summed E-state index contributed by atoms with van der Waals surface area (Å²) < 4.78 is 14.8. The summed E-state index contributed by atoms with van der Waals surface area (Å²) in [7, 11) is 0. The first kappa shape index (κ1) is 21.6. The van der Waals surface area contributed by atoms with Gasteiger partial charge in [0.1, 0.15) is 5.82 Å². The molecule has 0 amide bonds. The average molecular weight is 425 g/mol. The Morgan fingerprint density at radius 1 is 0.900 bits per heavy atom. The predicted octanol–water partition coefficient (Wildman–Crippen LogP) is 9.11. The lowest BCUT2D eigenvalue weighted by Crippen LogP contribution is -2.22. The summed E-state index contributed by atoms with van der Waals surface area (Å²) in [5, 5.41) is 0.275. The van der Waals surface area contributed by atoms with Crippen molar-refractivity contribution in [2.24, 2.45) is 17.8 Å². The van der Waals surface area contributed by atoms with Crippen LogP contribution in [-0.2, 0) is 6.42 Å². The number of benzene rings is 2. The zero-order valence-electron chi connectivity index (χ0n) is 18.4. The molecule has 1 fully saturated rings. The molecule has 1 unspecified atom stereocenters. The van der Waals surface area contributed by atoms with Crippen LogP contribution in [0.2, 0.25) is 5.02 Å². The second-order valence-corrected chi connectivity index (χ2v) is 9.89. The molecule has 0 heterocycles. The fourth-order valence-corrected chi connectivity index (χ4v) is 5.70. The van der Waals surface area contributed by atoms with Crippen LogP contribution >= 0.6 is 11.6 Å². The number of hydrogen-bond acceptors (Lipinski definition) is 0. The predicted molar refractivity (Wildman–Crippen MR) is 127 cm³/mol. The fourth-order valence-electron chi connectivity index (χ4n) is 5.44. The van der Waals surface area contributed by atoms with Crippen molar-refractivity contribution in [1.29, 1.82) is 0 Å². The molecular weight excluding hydrogens is 391 g/mol. The maximum absolute atomic E-state index is 14.8. The molecule has 0 bridgehead atoms. The van der Waals surface area contributed by atoms with Gasteiger partial charge in [-0.2, -0.15) is 0 Å². The Bertz CT molecular complexity index is 888. The largest absolute Gasteiger partial charge is 0.205 e. The van der Waals surface area contributed by atoms with Crippen molar-refractivity contribution in [3.05, 3.63) is 64.4 Å². The van der Waals surface area contributed by atoms with Crippen LogP contribution in [0.15, 0.2) is 42.5 Å². The zero-order chi connectivity index (χ0) is 21.1. The van der Waals surface area contributed by atoms with Crippen molar-refractivity contribution in [3.8, 4) is 11.1 Å². The van der Waals surface area contributed by atoms with E-state index in [1.54, 1.807) is 0 Å². The highest BCUT2D eigenvalue weighted by Crippen LogP contribution is 2.41. The van der Waals surface area contributed by atoms with E-state index in [1.807, 2.05) is 24.3 Å². The molecule has 4 rings (SSSR count). The standard InChI is InChI=1S/C28H34ClF/c1-3-4-25-17-18-26(28(30)27(25)29)24-15-13-23(14-16-24)22-11-9-21(10-12-22)20-7-5-19(2)6-8-20/h11,13-21H,3-10,12H2,1-2H3. The van der Waals surface area contributed by atoms with Crippen LogP contribution in [0, 0.1) is 23.6 Å². The van der Waals surface area contributed by atoms with Crippen LogP contribution in [0.3, 0.4) is 0 Å². The van der Waals surface area contributed by atoms with Crippen molar-refractivity contribution >= 4 is 17.2 Å². The fraction of sp³-hybridized carbons (Fsp3) is 0.500. The molecule has 1 atom stereocenters. The van der Waals surface area contributed by atoms with E-state index in [0.29, 0.717) is 5.56 Å². The molecule has 0 spiro atoms. The van der Waals surface area contributed by atoms with Gasteiger partial charge in [0.2, 0.25) is 0 Å². The second kappa shape index (κ2) is 9.69. The minimum atomic E-state index is -0.295. The molecule has 0 saturated heterocycles. The van der Waals surface area contributed by atoms with Crippen molar-refractivity contribution < 1.29 is 4.39 Å². The topological polar surface area (TPSA) is 0 Å². The first-order chi connectivity index (χ1) is 14.6. The quantitative estimate of drug-likeness (QED) is 0.448. The van der Waals surface area contributed by atoms with Gasteiger partial charge in [-0.05, 0) is 78.5 Å². The highest BCUT2D eigenvalue weighted by molar-refractivity contribution is 6.31. The number of hydrogen-bond donors (Lipinski definition) is 0. The molecule has 0 N–H and O–H groups in total. The second-order valence-electron chi connectivity index (χ2n) is 9.51. The summed E-state index contributed by atoms with van der Waals surface area (Å²) in [6.07, 6.45) is 13.6. The van der Waals surface area contributed by atoms with E-state index < -0.39 is 0 Å². The number of aryl methyl sites for hydroxylation is 1. The van der Waals surface area contributed by atoms with Crippen LogP contribution < -0.4 is 0 Å². The van der Waals surface area contributed by atoms with Gasteiger partial charge >= 0.3 is 0 Å². The summed E-state index contributed by atoms with van der Waals surface area (Å²) in [6, 6.07) is 12.2. The van der Waals surface area contributed by atoms with Crippen LogP contribution in [0.5, 0.6) is 0 Å². The van der Waals surface area contributed by atoms with E-state index in [4.69, 9.17) is 11.6 Å². The van der Waals surface area contributed by atoms with Gasteiger partial charge in [-0.25, -0.2) is 4.39 Å².